The number of nitrogens with one attached hydrogen (secondary N) is 3. The van der Waals surface area contributed by atoms with Crippen LogP contribution in [0.5, 0.6) is 0 Å². The first-order valence-corrected chi connectivity index (χ1v) is 9.14. The fourth-order valence-corrected chi connectivity index (χ4v) is 2.24. The number of benzene rings is 1. The zero-order valence-electron chi connectivity index (χ0n) is 16.0. The predicted octanol–water partition coefficient (Wildman–Crippen LogP) is 1.34. The summed E-state index contributed by atoms with van der Waals surface area (Å²) in [6.07, 6.45) is 0. The third kappa shape index (κ3) is 7.43. The number of hydrogen-bond donors (Lipinski definition) is 3. The largest absolute Gasteiger partial charge is 0.359 e. The summed E-state index contributed by atoms with van der Waals surface area (Å²) in [7, 11) is 5.01. The van der Waals surface area contributed by atoms with Crippen LogP contribution in [0.1, 0.15) is 19.4 Å². The van der Waals surface area contributed by atoms with Gasteiger partial charge in [0.15, 0.2) is 5.96 Å². The first-order valence-electron chi connectivity index (χ1n) is 8.34. The molecule has 1 aromatic carbocycles. The maximum atomic E-state index is 11.9. The second-order valence-corrected chi connectivity index (χ2v) is 7.67. The van der Waals surface area contributed by atoms with Crippen LogP contribution >= 0.6 is 15.9 Å². The average Bonchev–Trinajstić information content (AvgIpc) is 2.61. The lowest BCUT2D eigenvalue weighted by atomic mass is 9.92. The van der Waals surface area contributed by atoms with E-state index in [4.69, 9.17) is 0 Å². The van der Waals surface area contributed by atoms with Gasteiger partial charge in [-0.15, -0.1) is 0 Å². The number of carbonyl (C=O) groups excluding carboxylic acids is 2. The summed E-state index contributed by atoms with van der Waals surface area (Å²) in [6, 6.07) is 7.86. The van der Waals surface area contributed by atoms with Crippen molar-refractivity contribution < 1.29 is 9.59 Å². The Labute approximate surface area is 163 Å². The molecule has 1 aromatic rings. The Morgan fingerprint density at radius 3 is 2.31 bits per heavy atom. The van der Waals surface area contributed by atoms with Crippen LogP contribution in [0.15, 0.2) is 33.7 Å². The maximum absolute atomic E-state index is 11.9. The second-order valence-electron chi connectivity index (χ2n) is 6.75. The first kappa shape index (κ1) is 22.0. The van der Waals surface area contributed by atoms with E-state index >= 15 is 0 Å². The standard InChI is InChI=1S/C18H28BrN5O2/c1-18(2,16(26)20-3)12-23-17(22-11-15(25)24(4)5)21-10-13-6-8-14(19)9-7-13/h6-9H,10-12H2,1-5H3,(H,20,26)(H2,21,22,23). The van der Waals surface area contributed by atoms with E-state index in [1.807, 2.05) is 38.1 Å². The third-order valence-corrected chi connectivity index (χ3v) is 4.31. The average molecular weight is 426 g/mol. The van der Waals surface area contributed by atoms with Crippen LogP contribution in [-0.4, -0.2) is 56.9 Å². The molecule has 0 saturated carbocycles. The number of nitrogens with zero attached hydrogens (tertiary/aromatic N) is 2. The number of hydrogen-bond acceptors (Lipinski definition) is 3. The molecule has 0 aliphatic carbocycles. The van der Waals surface area contributed by atoms with Crippen LogP contribution in [0.3, 0.4) is 0 Å². The summed E-state index contributed by atoms with van der Waals surface area (Å²) in [5.74, 6) is 0.357. The maximum Gasteiger partial charge on any atom is 0.241 e. The molecule has 7 nitrogen and oxygen atoms in total. The quantitative estimate of drug-likeness (QED) is 0.454. The number of guanidine groups is 1. The minimum Gasteiger partial charge on any atom is -0.359 e. The molecule has 0 aromatic heterocycles. The van der Waals surface area contributed by atoms with Crippen molar-refractivity contribution in [1.29, 1.82) is 0 Å². The minimum absolute atomic E-state index is 0.0614. The molecule has 0 radical (unpaired) electrons. The highest BCUT2D eigenvalue weighted by atomic mass is 79.9. The van der Waals surface area contributed by atoms with E-state index in [0.717, 1.165) is 10.0 Å². The van der Waals surface area contributed by atoms with Gasteiger partial charge in [-0.25, -0.2) is 4.99 Å². The van der Waals surface area contributed by atoms with Crippen molar-refractivity contribution in [1.82, 2.24) is 20.9 Å². The summed E-state index contributed by atoms with van der Waals surface area (Å²) in [5.41, 5.74) is 0.430. The van der Waals surface area contributed by atoms with Crippen molar-refractivity contribution in [2.45, 2.75) is 20.4 Å². The van der Waals surface area contributed by atoms with Gasteiger partial charge in [-0.2, -0.15) is 0 Å². The molecule has 0 atom stereocenters. The highest BCUT2D eigenvalue weighted by Crippen LogP contribution is 2.13. The molecule has 0 heterocycles. The smallest absolute Gasteiger partial charge is 0.241 e. The summed E-state index contributed by atoms with van der Waals surface area (Å²) < 4.78 is 1.01. The zero-order chi connectivity index (χ0) is 19.7. The van der Waals surface area contributed by atoms with E-state index in [1.54, 1.807) is 21.1 Å². The third-order valence-electron chi connectivity index (χ3n) is 3.78. The Kier molecular flexibility index (Phi) is 8.57. The molecule has 0 aliphatic heterocycles. The van der Waals surface area contributed by atoms with Crippen LogP contribution < -0.4 is 16.0 Å². The van der Waals surface area contributed by atoms with E-state index in [1.165, 1.54) is 4.90 Å². The molecule has 0 bridgehead atoms. The number of halogens is 1. The van der Waals surface area contributed by atoms with Gasteiger partial charge in [-0.05, 0) is 31.5 Å². The summed E-state index contributed by atoms with van der Waals surface area (Å²) >= 11 is 3.41. The summed E-state index contributed by atoms with van der Waals surface area (Å²) in [4.78, 5) is 29.8. The van der Waals surface area contributed by atoms with Gasteiger partial charge in [0, 0.05) is 32.2 Å². The van der Waals surface area contributed by atoms with E-state index in [-0.39, 0.29) is 18.4 Å². The number of aliphatic imine (C=N–C) groups is 1. The van der Waals surface area contributed by atoms with Crippen LogP contribution in [0.25, 0.3) is 0 Å². The second kappa shape index (κ2) is 10.2. The van der Waals surface area contributed by atoms with E-state index in [9.17, 15) is 9.59 Å². The van der Waals surface area contributed by atoms with Crippen molar-refractivity contribution in [3.8, 4) is 0 Å². The van der Waals surface area contributed by atoms with Gasteiger partial charge in [0.05, 0.1) is 18.5 Å². The molecule has 0 unspecified atom stereocenters. The van der Waals surface area contributed by atoms with Crippen molar-refractivity contribution in [2.75, 3.05) is 34.2 Å². The molecule has 8 heteroatoms. The lowest BCUT2D eigenvalue weighted by Gasteiger charge is -2.24. The molecule has 0 aliphatic rings. The Hall–Kier alpha value is -2.09. The normalized spacial score (nSPS) is 11.7. The number of rotatable bonds is 7. The van der Waals surface area contributed by atoms with E-state index < -0.39 is 5.41 Å². The fraction of sp³-hybridized carbons (Fsp3) is 0.500. The van der Waals surface area contributed by atoms with Crippen LogP contribution in [0.2, 0.25) is 0 Å². The predicted molar refractivity (Wildman–Crippen MR) is 108 cm³/mol. The van der Waals surface area contributed by atoms with Crippen molar-refractivity contribution in [3.05, 3.63) is 34.3 Å². The monoisotopic (exact) mass is 425 g/mol. The molecule has 3 N–H and O–H groups in total. The number of carbonyl (C=O) groups is 2. The van der Waals surface area contributed by atoms with Gasteiger partial charge in [0.25, 0.3) is 0 Å². The van der Waals surface area contributed by atoms with Crippen LogP contribution in [-0.2, 0) is 16.1 Å². The van der Waals surface area contributed by atoms with Crippen molar-refractivity contribution in [3.63, 3.8) is 0 Å². The zero-order valence-corrected chi connectivity index (χ0v) is 17.6. The minimum atomic E-state index is -0.611. The van der Waals surface area contributed by atoms with Gasteiger partial charge in [0.1, 0.15) is 0 Å². The van der Waals surface area contributed by atoms with Gasteiger partial charge in [0.2, 0.25) is 11.8 Å². The molecule has 144 valence electrons. The molecule has 1 rings (SSSR count). The van der Waals surface area contributed by atoms with Gasteiger partial charge >= 0.3 is 0 Å². The highest BCUT2D eigenvalue weighted by Gasteiger charge is 2.26. The molecule has 0 fully saturated rings. The lowest BCUT2D eigenvalue weighted by molar-refractivity contribution is -0.129. The summed E-state index contributed by atoms with van der Waals surface area (Å²) in [6.45, 7) is 4.65. The Morgan fingerprint density at radius 2 is 1.77 bits per heavy atom. The fourth-order valence-electron chi connectivity index (χ4n) is 1.98. The lowest BCUT2D eigenvalue weighted by Crippen LogP contribution is -2.48. The van der Waals surface area contributed by atoms with Gasteiger partial charge < -0.3 is 20.9 Å². The van der Waals surface area contributed by atoms with E-state index in [0.29, 0.717) is 19.0 Å². The highest BCUT2D eigenvalue weighted by molar-refractivity contribution is 9.10. The number of likely N-dealkylation sites (N-methyl/N-ethyl adjacent to an activating group) is 1. The Bertz CT molecular complexity index is 641. The van der Waals surface area contributed by atoms with Gasteiger partial charge in [-0.3, -0.25) is 9.59 Å². The summed E-state index contributed by atoms with van der Waals surface area (Å²) in [5, 5.41) is 8.82. The topological polar surface area (TPSA) is 85.8 Å². The molecular weight excluding hydrogens is 398 g/mol. The van der Waals surface area contributed by atoms with Crippen molar-refractivity contribution >= 4 is 33.7 Å². The van der Waals surface area contributed by atoms with Crippen molar-refractivity contribution in [2.24, 2.45) is 10.4 Å². The Balaban J connectivity index is 2.80. The van der Waals surface area contributed by atoms with Crippen LogP contribution in [0.4, 0.5) is 0 Å². The number of amides is 2. The van der Waals surface area contributed by atoms with Crippen LogP contribution in [0, 0.1) is 5.41 Å². The Morgan fingerprint density at radius 1 is 1.15 bits per heavy atom. The first-order chi connectivity index (χ1) is 12.2. The SMILES string of the molecule is CNC(=O)C(C)(C)CNC(=NCc1ccc(Br)cc1)NCC(=O)N(C)C. The molecular formula is C18H28BrN5O2. The molecule has 2 amide bonds. The molecule has 26 heavy (non-hydrogen) atoms. The molecule has 0 spiro atoms. The van der Waals surface area contributed by atoms with Gasteiger partial charge in [-0.1, -0.05) is 28.1 Å². The van der Waals surface area contributed by atoms with E-state index in [2.05, 4.69) is 36.9 Å². The molecule has 0 saturated heterocycles.